The number of carbonyl (C=O) groups is 1. The maximum Gasteiger partial charge on any atom is 0.226 e. The van der Waals surface area contributed by atoms with E-state index in [1.165, 1.54) is 18.4 Å². The summed E-state index contributed by atoms with van der Waals surface area (Å²) >= 11 is 1.55. The Balaban J connectivity index is 1.37. The van der Waals surface area contributed by atoms with Crippen LogP contribution >= 0.6 is 11.3 Å². The average molecular weight is 452 g/mol. The molecule has 1 aliphatic heterocycles. The smallest absolute Gasteiger partial charge is 0.226 e. The number of ether oxygens (including phenoxy) is 2. The number of nitrogens with one attached hydrogen (secondary N) is 1. The van der Waals surface area contributed by atoms with Gasteiger partial charge in [0.2, 0.25) is 5.91 Å². The number of carbonyl (C=O) groups excluding carboxylic acids is 1. The quantitative estimate of drug-likeness (QED) is 0.525. The third kappa shape index (κ3) is 5.47. The first kappa shape index (κ1) is 22.3. The second-order valence-corrected chi connectivity index (χ2v) is 8.74. The third-order valence-electron chi connectivity index (χ3n) is 5.80. The molecular formula is C25H29N3O3S. The molecule has 168 valence electrons. The fourth-order valence-electron chi connectivity index (χ4n) is 4.03. The number of amides is 1. The number of rotatable bonds is 9. The minimum Gasteiger partial charge on any atom is -0.497 e. The van der Waals surface area contributed by atoms with Crippen molar-refractivity contribution in [3.05, 3.63) is 65.2 Å². The lowest BCUT2D eigenvalue weighted by Crippen LogP contribution is -2.37. The Morgan fingerprint density at radius 1 is 1.03 bits per heavy atom. The normalized spacial score (nSPS) is 14.8. The molecule has 0 spiro atoms. The molecule has 0 saturated carbocycles. The van der Waals surface area contributed by atoms with E-state index in [1.807, 2.05) is 41.8 Å². The molecule has 2 aromatic carbocycles. The topological polar surface area (TPSA) is 63.7 Å². The molecule has 2 heterocycles. The molecule has 1 N–H and O–H groups in total. The third-order valence-corrected chi connectivity index (χ3v) is 6.75. The molecule has 6 nitrogen and oxygen atoms in total. The van der Waals surface area contributed by atoms with Crippen molar-refractivity contribution in [3.8, 4) is 22.1 Å². The summed E-state index contributed by atoms with van der Waals surface area (Å²) in [6.07, 6.45) is 2.68. The van der Waals surface area contributed by atoms with E-state index in [-0.39, 0.29) is 18.4 Å². The lowest BCUT2D eigenvalue weighted by atomic mass is 10.1. The van der Waals surface area contributed by atoms with Crippen LogP contribution in [0.1, 0.15) is 30.1 Å². The van der Waals surface area contributed by atoms with Gasteiger partial charge in [-0.15, -0.1) is 11.3 Å². The highest BCUT2D eigenvalue weighted by Crippen LogP contribution is 2.27. The van der Waals surface area contributed by atoms with Gasteiger partial charge in [-0.3, -0.25) is 9.69 Å². The Labute approximate surface area is 193 Å². The lowest BCUT2D eigenvalue weighted by Gasteiger charge is -2.28. The van der Waals surface area contributed by atoms with Gasteiger partial charge in [-0.25, -0.2) is 4.98 Å². The largest absolute Gasteiger partial charge is 0.497 e. The molecule has 1 fully saturated rings. The summed E-state index contributed by atoms with van der Waals surface area (Å²) in [6, 6.07) is 16.1. The monoisotopic (exact) mass is 451 g/mol. The number of aromatic nitrogens is 1. The molecule has 1 aliphatic rings. The van der Waals surface area contributed by atoms with Gasteiger partial charge >= 0.3 is 0 Å². The maximum atomic E-state index is 12.7. The van der Waals surface area contributed by atoms with Crippen LogP contribution in [0.5, 0.6) is 11.5 Å². The van der Waals surface area contributed by atoms with Crippen molar-refractivity contribution in [3.63, 3.8) is 0 Å². The van der Waals surface area contributed by atoms with Crippen LogP contribution in [0.2, 0.25) is 0 Å². The molecule has 0 aliphatic carbocycles. The molecule has 7 heteroatoms. The van der Waals surface area contributed by atoms with Crippen molar-refractivity contribution in [1.82, 2.24) is 15.2 Å². The summed E-state index contributed by atoms with van der Waals surface area (Å²) in [7, 11) is 3.32. The van der Waals surface area contributed by atoms with E-state index in [9.17, 15) is 4.79 Å². The lowest BCUT2D eigenvalue weighted by molar-refractivity contribution is -0.120. The molecule has 1 atom stereocenters. The summed E-state index contributed by atoms with van der Waals surface area (Å²) in [4.78, 5) is 19.8. The van der Waals surface area contributed by atoms with Gasteiger partial charge in [0.05, 0.1) is 32.4 Å². The fourth-order valence-corrected chi connectivity index (χ4v) is 4.85. The minimum absolute atomic E-state index is 0.00529. The molecule has 3 aromatic rings. The summed E-state index contributed by atoms with van der Waals surface area (Å²) in [5.41, 5.74) is 3.01. The highest BCUT2D eigenvalue weighted by Gasteiger charge is 2.24. The molecule has 4 rings (SSSR count). The van der Waals surface area contributed by atoms with Crippen LogP contribution in [0, 0.1) is 0 Å². The highest BCUT2D eigenvalue weighted by atomic mass is 32.1. The molecule has 1 aromatic heterocycles. The highest BCUT2D eigenvalue weighted by molar-refractivity contribution is 7.13. The van der Waals surface area contributed by atoms with E-state index in [2.05, 4.69) is 27.3 Å². The zero-order valence-electron chi connectivity index (χ0n) is 18.5. The number of hydrogen-bond donors (Lipinski definition) is 1. The Bertz CT molecular complexity index is 1010. The van der Waals surface area contributed by atoms with Gasteiger partial charge in [0.15, 0.2) is 0 Å². The van der Waals surface area contributed by atoms with Crippen LogP contribution < -0.4 is 14.8 Å². The van der Waals surface area contributed by atoms with Crippen molar-refractivity contribution in [2.75, 3.05) is 33.9 Å². The Morgan fingerprint density at radius 3 is 2.28 bits per heavy atom. The van der Waals surface area contributed by atoms with Gasteiger partial charge in [0.1, 0.15) is 16.5 Å². The van der Waals surface area contributed by atoms with Gasteiger partial charge in [-0.1, -0.05) is 12.1 Å². The van der Waals surface area contributed by atoms with Crippen LogP contribution in [-0.4, -0.2) is 49.6 Å². The van der Waals surface area contributed by atoms with Crippen LogP contribution in [-0.2, 0) is 11.2 Å². The van der Waals surface area contributed by atoms with E-state index in [0.717, 1.165) is 40.9 Å². The zero-order valence-corrected chi connectivity index (χ0v) is 19.4. The zero-order chi connectivity index (χ0) is 22.3. The van der Waals surface area contributed by atoms with Crippen molar-refractivity contribution in [1.29, 1.82) is 0 Å². The Hall–Kier alpha value is -2.90. The molecule has 0 unspecified atom stereocenters. The van der Waals surface area contributed by atoms with E-state index in [1.54, 1.807) is 25.6 Å². The average Bonchev–Trinajstić information content (AvgIpc) is 3.52. The van der Waals surface area contributed by atoms with Gasteiger partial charge < -0.3 is 14.8 Å². The predicted octanol–water partition coefficient (Wildman–Crippen LogP) is 4.32. The number of nitrogens with zero attached hydrogens (tertiary/aromatic N) is 2. The summed E-state index contributed by atoms with van der Waals surface area (Å²) in [5.74, 6) is 1.65. The predicted molar refractivity (Wildman–Crippen MR) is 127 cm³/mol. The number of benzene rings is 2. The van der Waals surface area contributed by atoms with Gasteiger partial charge in [-0.2, -0.15) is 0 Å². The molecule has 1 amide bonds. The summed E-state index contributed by atoms with van der Waals surface area (Å²) < 4.78 is 10.5. The number of methoxy groups -OCH3 is 2. The molecular weight excluding hydrogens is 422 g/mol. The van der Waals surface area contributed by atoms with Crippen molar-refractivity contribution in [2.24, 2.45) is 0 Å². The van der Waals surface area contributed by atoms with E-state index in [4.69, 9.17) is 9.47 Å². The van der Waals surface area contributed by atoms with Gasteiger partial charge in [0, 0.05) is 17.5 Å². The standard InChI is InChI=1S/C25H29N3O3S/c1-30-21-9-5-18(6-10-21)23(28-13-3-4-14-28)16-26-24(29)15-20-17-32-25(27-20)19-7-11-22(31-2)12-8-19/h5-12,17,23H,3-4,13-16H2,1-2H3,(H,26,29)/t23-/m1/s1. The first-order valence-electron chi connectivity index (χ1n) is 10.9. The SMILES string of the molecule is COc1ccc(-c2nc(CC(=O)NC[C@H](c3ccc(OC)cc3)N3CCCC3)cs2)cc1. The number of likely N-dealkylation sites (tertiary alicyclic amines) is 1. The van der Waals surface area contributed by atoms with Crippen molar-refractivity contribution in [2.45, 2.75) is 25.3 Å². The van der Waals surface area contributed by atoms with Crippen LogP contribution in [0.3, 0.4) is 0 Å². The first-order valence-corrected chi connectivity index (χ1v) is 11.8. The Morgan fingerprint density at radius 2 is 1.66 bits per heavy atom. The van der Waals surface area contributed by atoms with E-state index < -0.39 is 0 Å². The van der Waals surface area contributed by atoms with Crippen LogP contribution in [0.4, 0.5) is 0 Å². The van der Waals surface area contributed by atoms with Crippen molar-refractivity contribution < 1.29 is 14.3 Å². The summed E-state index contributed by atoms with van der Waals surface area (Å²) in [5, 5.41) is 6.00. The fraction of sp³-hybridized carbons (Fsp3) is 0.360. The van der Waals surface area contributed by atoms with E-state index in [0.29, 0.717) is 6.54 Å². The van der Waals surface area contributed by atoms with Crippen LogP contribution in [0.15, 0.2) is 53.9 Å². The molecule has 0 radical (unpaired) electrons. The molecule has 0 bridgehead atoms. The van der Waals surface area contributed by atoms with E-state index >= 15 is 0 Å². The van der Waals surface area contributed by atoms with Crippen LogP contribution in [0.25, 0.3) is 10.6 Å². The van der Waals surface area contributed by atoms with Gasteiger partial charge in [0.25, 0.3) is 0 Å². The second kappa shape index (κ2) is 10.6. The molecule has 32 heavy (non-hydrogen) atoms. The number of hydrogen-bond acceptors (Lipinski definition) is 6. The molecule has 1 saturated heterocycles. The van der Waals surface area contributed by atoms with Crippen molar-refractivity contribution >= 4 is 17.2 Å². The number of thiazole rings is 1. The van der Waals surface area contributed by atoms with Gasteiger partial charge in [-0.05, 0) is 67.9 Å². The maximum absolute atomic E-state index is 12.7. The first-order chi connectivity index (χ1) is 15.7. The minimum atomic E-state index is -0.00529. The Kier molecular flexibility index (Phi) is 7.39. The second-order valence-electron chi connectivity index (χ2n) is 7.89. The summed E-state index contributed by atoms with van der Waals surface area (Å²) in [6.45, 7) is 2.70.